The molecule has 1 aliphatic heterocycles. The lowest BCUT2D eigenvalue weighted by molar-refractivity contribution is 0.520. The van der Waals surface area contributed by atoms with Crippen molar-refractivity contribution >= 4 is 25.8 Å². The molecule has 3 nitrogen and oxygen atoms in total. The second-order valence-electron chi connectivity index (χ2n) is 4.41. The molecule has 0 aliphatic carbocycles. The first-order chi connectivity index (χ1) is 8.00. The van der Waals surface area contributed by atoms with E-state index in [9.17, 15) is 8.42 Å². The molecule has 2 unspecified atom stereocenters. The Morgan fingerprint density at radius 2 is 1.94 bits per heavy atom. The summed E-state index contributed by atoms with van der Waals surface area (Å²) in [4.78, 5) is 0. The molecule has 5 heteroatoms. The van der Waals surface area contributed by atoms with Crippen LogP contribution in [-0.4, -0.2) is 26.0 Å². The molecule has 0 saturated carbocycles. The van der Waals surface area contributed by atoms with Crippen molar-refractivity contribution in [2.24, 2.45) is 0 Å². The van der Waals surface area contributed by atoms with Crippen LogP contribution in [-0.2, 0) is 9.84 Å². The Hall–Kier alpha value is -0.390. The van der Waals surface area contributed by atoms with Gasteiger partial charge < -0.3 is 5.32 Å². The molecule has 1 saturated heterocycles. The van der Waals surface area contributed by atoms with Crippen LogP contribution < -0.4 is 5.32 Å². The fourth-order valence-corrected chi connectivity index (χ4v) is 4.00. The average molecular weight is 318 g/mol. The predicted molar refractivity (Wildman–Crippen MR) is 72.8 cm³/mol. The molecule has 2 rings (SSSR count). The summed E-state index contributed by atoms with van der Waals surface area (Å²) in [6.07, 6.45) is 0.694. The highest BCUT2D eigenvalue weighted by molar-refractivity contribution is 9.10. The number of hydrogen-bond donors (Lipinski definition) is 1. The van der Waals surface area contributed by atoms with Gasteiger partial charge in [-0.15, -0.1) is 0 Å². The highest BCUT2D eigenvalue weighted by Crippen LogP contribution is 2.26. The summed E-state index contributed by atoms with van der Waals surface area (Å²) >= 11 is 3.38. The molecule has 0 bridgehead atoms. The van der Waals surface area contributed by atoms with E-state index in [4.69, 9.17) is 0 Å². The van der Waals surface area contributed by atoms with Gasteiger partial charge in [0.1, 0.15) is 0 Å². The molecule has 0 spiro atoms. The summed E-state index contributed by atoms with van der Waals surface area (Å²) in [7, 11) is -2.98. The number of halogens is 1. The maximum atomic E-state index is 12.0. The first-order valence-corrected chi connectivity index (χ1v) is 8.22. The molecule has 17 heavy (non-hydrogen) atoms. The quantitative estimate of drug-likeness (QED) is 0.864. The Bertz CT molecular complexity index is 484. The summed E-state index contributed by atoms with van der Waals surface area (Å²) in [5.41, 5.74) is 1.03. The molecule has 0 radical (unpaired) electrons. The van der Waals surface area contributed by atoms with Crippen molar-refractivity contribution < 1.29 is 8.42 Å². The molecule has 94 valence electrons. The molecular weight excluding hydrogens is 302 g/mol. The zero-order valence-corrected chi connectivity index (χ0v) is 12.1. The van der Waals surface area contributed by atoms with Gasteiger partial charge in [0.2, 0.25) is 0 Å². The topological polar surface area (TPSA) is 46.2 Å². The molecule has 1 aliphatic rings. The molecule has 1 fully saturated rings. The Kier molecular flexibility index (Phi) is 3.90. The van der Waals surface area contributed by atoms with Gasteiger partial charge >= 0.3 is 0 Å². The Labute approximate surface area is 111 Å². The normalized spacial score (nSPS) is 28.6. The lowest BCUT2D eigenvalue weighted by Crippen LogP contribution is -2.32. The van der Waals surface area contributed by atoms with Gasteiger partial charge in [0.05, 0.1) is 11.0 Å². The summed E-state index contributed by atoms with van der Waals surface area (Å²) in [5.74, 6) is 0.286. The van der Waals surface area contributed by atoms with E-state index >= 15 is 0 Å². The number of benzene rings is 1. The summed E-state index contributed by atoms with van der Waals surface area (Å²) in [6.45, 7) is 2.55. The van der Waals surface area contributed by atoms with E-state index in [1.54, 1.807) is 6.92 Å². The molecule has 1 heterocycles. The van der Waals surface area contributed by atoms with Crippen LogP contribution in [0.2, 0.25) is 0 Å². The molecular formula is C12H16BrNO2S. The van der Waals surface area contributed by atoms with Gasteiger partial charge in [-0.3, -0.25) is 0 Å². The molecule has 0 aromatic heterocycles. The van der Waals surface area contributed by atoms with Crippen LogP contribution >= 0.6 is 15.9 Å². The predicted octanol–water partition coefficient (Wildman–Crippen LogP) is 2.29. The summed E-state index contributed by atoms with van der Waals surface area (Å²) in [6, 6.07) is 7.73. The van der Waals surface area contributed by atoms with Crippen LogP contribution in [0, 0.1) is 0 Å². The van der Waals surface area contributed by atoms with Gasteiger partial charge in [0, 0.05) is 10.5 Å². The number of sulfone groups is 1. The van der Waals surface area contributed by atoms with Crippen molar-refractivity contribution in [3.05, 3.63) is 34.3 Å². The van der Waals surface area contributed by atoms with Gasteiger partial charge in [0.25, 0.3) is 0 Å². The third-order valence-corrected chi connectivity index (χ3v) is 6.03. The largest absolute Gasteiger partial charge is 0.309 e. The molecule has 1 N–H and O–H groups in total. The van der Waals surface area contributed by atoms with Crippen molar-refractivity contribution in [1.82, 2.24) is 5.32 Å². The third kappa shape index (κ3) is 2.89. The minimum Gasteiger partial charge on any atom is -0.309 e. The maximum absolute atomic E-state index is 12.0. The van der Waals surface area contributed by atoms with E-state index in [1.807, 2.05) is 24.3 Å². The van der Waals surface area contributed by atoms with Crippen molar-refractivity contribution in [2.45, 2.75) is 24.6 Å². The first kappa shape index (κ1) is 13.1. The molecule has 1 aromatic rings. The molecule has 0 amide bonds. The monoisotopic (exact) mass is 317 g/mol. The van der Waals surface area contributed by atoms with E-state index in [0.717, 1.165) is 16.6 Å². The zero-order chi connectivity index (χ0) is 12.5. The van der Waals surface area contributed by atoms with Gasteiger partial charge in [-0.25, -0.2) is 8.42 Å². The van der Waals surface area contributed by atoms with Crippen molar-refractivity contribution in [3.63, 3.8) is 0 Å². The second-order valence-corrected chi connectivity index (χ2v) is 7.80. The number of hydrogen-bond acceptors (Lipinski definition) is 3. The van der Waals surface area contributed by atoms with E-state index in [0.29, 0.717) is 6.42 Å². The fraction of sp³-hybridized carbons (Fsp3) is 0.500. The Morgan fingerprint density at radius 3 is 2.59 bits per heavy atom. The zero-order valence-electron chi connectivity index (χ0n) is 9.69. The van der Waals surface area contributed by atoms with Crippen LogP contribution in [0.4, 0.5) is 0 Å². The van der Waals surface area contributed by atoms with Crippen molar-refractivity contribution in [2.75, 3.05) is 12.3 Å². The first-order valence-electron chi connectivity index (χ1n) is 5.71. The minimum absolute atomic E-state index is 0.101. The second kappa shape index (κ2) is 5.08. The van der Waals surface area contributed by atoms with Crippen LogP contribution in [0.5, 0.6) is 0 Å². The smallest absolute Gasteiger partial charge is 0.154 e. The maximum Gasteiger partial charge on any atom is 0.154 e. The summed E-state index contributed by atoms with van der Waals surface area (Å²) in [5, 5.41) is 2.96. The van der Waals surface area contributed by atoms with Crippen molar-refractivity contribution in [1.29, 1.82) is 0 Å². The van der Waals surface area contributed by atoms with Gasteiger partial charge in [-0.1, -0.05) is 28.1 Å². The van der Waals surface area contributed by atoms with Crippen LogP contribution in [0.25, 0.3) is 0 Å². The lowest BCUT2D eigenvalue weighted by atomic mass is 10.0. The number of rotatable bonds is 1. The SMILES string of the molecule is CC1C(c2ccc(Br)cc2)NCCCS1(=O)=O. The number of nitrogens with one attached hydrogen (secondary N) is 1. The highest BCUT2D eigenvalue weighted by atomic mass is 79.9. The van der Waals surface area contributed by atoms with E-state index in [1.165, 1.54) is 0 Å². The Morgan fingerprint density at radius 1 is 1.29 bits per heavy atom. The van der Waals surface area contributed by atoms with Crippen molar-refractivity contribution in [3.8, 4) is 0 Å². The van der Waals surface area contributed by atoms with E-state index < -0.39 is 9.84 Å². The Balaban J connectivity index is 2.33. The standard InChI is InChI=1S/C12H16BrNO2S/c1-9-12(10-3-5-11(13)6-4-10)14-7-2-8-17(9,15)16/h3-6,9,12,14H,2,7-8H2,1H3. The van der Waals surface area contributed by atoms with Crippen LogP contribution in [0.3, 0.4) is 0 Å². The van der Waals surface area contributed by atoms with E-state index in [2.05, 4.69) is 21.2 Å². The van der Waals surface area contributed by atoms with Crippen LogP contribution in [0.1, 0.15) is 24.9 Å². The summed E-state index contributed by atoms with van der Waals surface area (Å²) < 4.78 is 25.0. The van der Waals surface area contributed by atoms with Gasteiger partial charge in [0.15, 0.2) is 9.84 Å². The molecule has 1 aromatic carbocycles. The van der Waals surface area contributed by atoms with Gasteiger partial charge in [-0.05, 0) is 37.6 Å². The van der Waals surface area contributed by atoms with Crippen LogP contribution in [0.15, 0.2) is 28.7 Å². The average Bonchev–Trinajstić information content (AvgIpc) is 2.41. The minimum atomic E-state index is -2.98. The van der Waals surface area contributed by atoms with E-state index in [-0.39, 0.29) is 17.0 Å². The highest BCUT2D eigenvalue weighted by Gasteiger charge is 2.32. The van der Waals surface area contributed by atoms with Gasteiger partial charge in [-0.2, -0.15) is 0 Å². The fourth-order valence-electron chi connectivity index (χ4n) is 2.15. The third-order valence-electron chi connectivity index (χ3n) is 3.23. The lowest BCUT2D eigenvalue weighted by Gasteiger charge is -2.22. The molecule has 2 atom stereocenters.